The molecular weight excluding hydrogens is 306 g/mol. The topological polar surface area (TPSA) is 80.9 Å². The van der Waals surface area contributed by atoms with E-state index in [2.05, 4.69) is 25.0 Å². The summed E-state index contributed by atoms with van der Waals surface area (Å²) in [7, 11) is 2.02. The molecule has 0 aromatic carbocycles. The molecule has 24 heavy (non-hydrogen) atoms. The summed E-state index contributed by atoms with van der Waals surface area (Å²) in [4.78, 5) is 22.7. The van der Waals surface area contributed by atoms with Crippen molar-refractivity contribution in [1.29, 1.82) is 0 Å². The number of amides is 2. The Hall–Kier alpha value is -2.38. The maximum atomic E-state index is 12.5. The minimum absolute atomic E-state index is 0.00663. The fourth-order valence-electron chi connectivity index (χ4n) is 3.22. The SMILES string of the molecule is C[C@H](Cn1cncn1)NC(=O)N1CCC[C@H](Cc2nccn2C)C1. The van der Waals surface area contributed by atoms with E-state index in [1.165, 1.54) is 6.33 Å². The summed E-state index contributed by atoms with van der Waals surface area (Å²) in [6, 6.07) is 0.0151. The number of nitrogens with one attached hydrogen (secondary N) is 1. The van der Waals surface area contributed by atoms with Crippen LogP contribution in [0.5, 0.6) is 0 Å². The van der Waals surface area contributed by atoms with Crippen LogP contribution in [0.3, 0.4) is 0 Å². The molecule has 0 radical (unpaired) electrons. The Balaban J connectivity index is 1.50. The number of carbonyl (C=O) groups excluding carboxylic acids is 1. The Morgan fingerprint density at radius 1 is 1.50 bits per heavy atom. The highest BCUT2D eigenvalue weighted by atomic mass is 16.2. The van der Waals surface area contributed by atoms with Gasteiger partial charge in [-0.25, -0.2) is 14.8 Å². The Bertz CT molecular complexity index is 651. The molecule has 2 atom stereocenters. The summed E-state index contributed by atoms with van der Waals surface area (Å²) in [5.41, 5.74) is 0. The highest BCUT2D eigenvalue weighted by Crippen LogP contribution is 2.20. The summed E-state index contributed by atoms with van der Waals surface area (Å²) in [5, 5.41) is 7.13. The second-order valence-corrected chi connectivity index (χ2v) is 6.58. The molecule has 1 N–H and O–H groups in total. The van der Waals surface area contributed by atoms with Gasteiger partial charge in [0.05, 0.1) is 6.54 Å². The average molecular weight is 331 g/mol. The Morgan fingerprint density at radius 3 is 3.08 bits per heavy atom. The number of imidazole rings is 1. The third-order valence-corrected chi connectivity index (χ3v) is 4.50. The second kappa shape index (κ2) is 7.46. The van der Waals surface area contributed by atoms with E-state index in [9.17, 15) is 4.79 Å². The highest BCUT2D eigenvalue weighted by Gasteiger charge is 2.25. The molecule has 2 aromatic heterocycles. The maximum Gasteiger partial charge on any atom is 0.317 e. The summed E-state index contributed by atoms with van der Waals surface area (Å²) >= 11 is 0. The minimum Gasteiger partial charge on any atom is -0.338 e. The molecule has 8 nitrogen and oxygen atoms in total. The number of hydrogen-bond acceptors (Lipinski definition) is 4. The lowest BCUT2D eigenvalue weighted by molar-refractivity contribution is 0.160. The van der Waals surface area contributed by atoms with Crippen molar-refractivity contribution >= 4 is 6.03 Å². The van der Waals surface area contributed by atoms with Gasteiger partial charge in [0.25, 0.3) is 0 Å². The zero-order chi connectivity index (χ0) is 16.9. The van der Waals surface area contributed by atoms with Crippen LogP contribution >= 0.6 is 0 Å². The molecule has 3 rings (SSSR count). The van der Waals surface area contributed by atoms with Gasteiger partial charge < -0.3 is 14.8 Å². The van der Waals surface area contributed by atoms with Gasteiger partial charge in [-0.15, -0.1) is 0 Å². The van der Waals surface area contributed by atoms with Crippen molar-refractivity contribution in [3.63, 3.8) is 0 Å². The molecular formula is C16H25N7O. The van der Waals surface area contributed by atoms with E-state index in [1.807, 2.05) is 31.3 Å². The van der Waals surface area contributed by atoms with E-state index in [4.69, 9.17) is 0 Å². The van der Waals surface area contributed by atoms with Crippen LogP contribution in [0.4, 0.5) is 4.79 Å². The Kier molecular flexibility index (Phi) is 5.12. The number of aromatic nitrogens is 5. The van der Waals surface area contributed by atoms with Crippen molar-refractivity contribution in [3.05, 3.63) is 30.9 Å². The molecule has 3 heterocycles. The fourth-order valence-corrected chi connectivity index (χ4v) is 3.22. The number of rotatable bonds is 5. The van der Waals surface area contributed by atoms with Gasteiger partial charge in [0.1, 0.15) is 18.5 Å². The molecule has 0 aliphatic carbocycles. The van der Waals surface area contributed by atoms with Gasteiger partial charge in [-0.05, 0) is 25.7 Å². The quantitative estimate of drug-likeness (QED) is 0.888. The third-order valence-electron chi connectivity index (χ3n) is 4.50. The summed E-state index contributed by atoms with van der Waals surface area (Å²) < 4.78 is 3.78. The molecule has 0 bridgehead atoms. The third kappa shape index (κ3) is 4.12. The summed E-state index contributed by atoms with van der Waals surface area (Å²) in [5.74, 6) is 1.55. The molecule has 8 heteroatoms. The van der Waals surface area contributed by atoms with Gasteiger partial charge in [0.15, 0.2) is 0 Å². The molecule has 0 saturated carbocycles. The lowest BCUT2D eigenvalue weighted by Gasteiger charge is -2.33. The van der Waals surface area contributed by atoms with Crippen LogP contribution in [0.25, 0.3) is 0 Å². The number of likely N-dealkylation sites (tertiary alicyclic amines) is 1. The van der Waals surface area contributed by atoms with Crippen LogP contribution < -0.4 is 5.32 Å². The molecule has 1 aliphatic heterocycles. The largest absolute Gasteiger partial charge is 0.338 e. The Labute approximate surface area is 141 Å². The van der Waals surface area contributed by atoms with E-state index in [1.54, 1.807) is 11.0 Å². The first-order valence-corrected chi connectivity index (χ1v) is 8.46. The number of hydrogen-bond donors (Lipinski definition) is 1. The monoisotopic (exact) mass is 331 g/mol. The lowest BCUT2D eigenvalue weighted by atomic mass is 9.94. The van der Waals surface area contributed by atoms with E-state index in [0.29, 0.717) is 12.5 Å². The molecule has 2 amide bonds. The zero-order valence-electron chi connectivity index (χ0n) is 14.3. The van der Waals surface area contributed by atoms with E-state index < -0.39 is 0 Å². The lowest BCUT2D eigenvalue weighted by Crippen LogP contribution is -2.49. The number of nitrogens with zero attached hydrogens (tertiary/aromatic N) is 6. The predicted molar refractivity (Wildman–Crippen MR) is 89.2 cm³/mol. The van der Waals surface area contributed by atoms with Crippen molar-refractivity contribution < 1.29 is 4.79 Å². The van der Waals surface area contributed by atoms with Gasteiger partial charge in [-0.3, -0.25) is 4.68 Å². The molecule has 0 unspecified atom stereocenters. The van der Waals surface area contributed by atoms with Crippen molar-refractivity contribution in [1.82, 2.24) is 34.5 Å². The van der Waals surface area contributed by atoms with Gasteiger partial charge in [-0.1, -0.05) is 0 Å². The average Bonchev–Trinajstić information content (AvgIpc) is 3.20. The molecule has 1 fully saturated rings. The summed E-state index contributed by atoms with van der Waals surface area (Å²) in [6.45, 7) is 4.21. The number of carbonyl (C=O) groups is 1. The van der Waals surface area contributed by atoms with Crippen LogP contribution in [0.1, 0.15) is 25.6 Å². The van der Waals surface area contributed by atoms with E-state index >= 15 is 0 Å². The van der Waals surface area contributed by atoms with E-state index in [0.717, 1.165) is 38.2 Å². The minimum atomic E-state index is 0.00663. The molecule has 1 saturated heterocycles. The van der Waals surface area contributed by atoms with Crippen LogP contribution in [-0.4, -0.2) is 54.4 Å². The van der Waals surface area contributed by atoms with Gasteiger partial charge >= 0.3 is 6.03 Å². The van der Waals surface area contributed by atoms with Crippen LogP contribution in [0, 0.1) is 5.92 Å². The summed E-state index contributed by atoms with van der Waals surface area (Å²) in [6.07, 6.45) is 10.1. The standard InChI is InChI=1S/C16H25N7O/c1-13(9-23-12-17-11-19-23)20-16(24)22-6-3-4-14(10-22)8-15-18-5-7-21(15)2/h5,7,11-14H,3-4,6,8-10H2,1-2H3,(H,20,24)/t13-,14-/m1/s1. The van der Waals surface area contributed by atoms with Gasteiger partial charge in [0, 0.05) is 45.0 Å². The van der Waals surface area contributed by atoms with Crippen LogP contribution in [0.15, 0.2) is 25.0 Å². The van der Waals surface area contributed by atoms with Crippen LogP contribution in [0.2, 0.25) is 0 Å². The maximum absolute atomic E-state index is 12.5. The van der Waals surface area contributed by atoms with Gasteiger partial charge in [-0.2, -0.15) is 5.10 Å². The molecule has 130 valence electrons. The first-order valence-electron chi connectivity index (χ1n) is 8.46. The van der Waals surface area contributed by atoms with Crippen molar-refractivity contribution in [2.45, 2.75) is 38.8 Å². The fraction of sp³-hybridized carbons (Fsp3) is 0.625. The molecule has 0 spiro atoms. The highest BCUT2D eigenvalue weighted by molar-refractivity contribution is 5.74. The zero-order valence-corrected chi connectivity index (χ0v) is 14.3. The number of piperidine rings is 1. The molecule has 1 aliphatic rings. The van der Waals surface area contributed by atoms with Crippen molar-refractivity contribution in [2.75, 3.05) is 13.1 Å². The van der Waals surface area contributed by atoms with Crippen molar-refractivity contribution in [3.8, 4) is 0 Å². The van der Waals surface area contributed by atoms with Crippen molar-refractivity contribution in [2.24, 2.45) is 13.0 Å². The Morgan fingerprint density at radius 2 is 2.38 bits per heavy atom. The first-order chi connectivity index (χ1) is 11.6. The normalized spacial score (nSPS) is 19.2. The smallest absolute Gasteiger partial charge is 0.317 e. The first kappa shape index (κ1) is 16.5. The van der Waals surface area contributed by atoms with E-state index in [-0.39, 0.29) is 12.1 Å². The number of aryl methyl sites for hydroxylation is 1. The number of urea groups is 1. The van der Waals surface area contributed by atoms with Crippen LogP contribution in [-0.2, 0) is 20.0 Å². The van der Waals surface area contributed by atoms with Gasteiger partial charge in [0.2, 0.25) is 0 Å². The second-order valence-electron chi connectivity index (χ2n) is 6.58. The molecule has 2 aromatic rings. The predicted octanol–water partition coefficient (Wildman–Crippen LogP) is 1.06.